The van der Waals surface area contributed by atoms with Gasteiger partial charge in [0.25, 0.3) is 0 Å². The first-order valence-corrected chi connectivity index (χ1v) is 15.0. The van der Waals surface area contributed by atoms with Crippen LogP contribution in [0.25, 0.3) is 0 Å². The number of carbonyl (C=O) groups is 2. The molecular weight excluding hydrogens is 534 g/mol. The molecular formula is C30H36ClN3O4S. The number of carbonyl (C=O) groups excluding carboxylic acids is 2. The van der Waals surface area contributed by atoms with Crippen LogP contribution in [0.15, 0.2) is 72.8 Å². The van der Waals surface area contributed by atoms with Crippen molar-refractivity contribution in [3.05, 3.63) is 100 Å². The van der Waals surface area contributed by atoms with Crippen LogP contribution in [0.2, 0.25) is 5.02 Å². The van der Waals surface area contributed by atoms with Gasteiger partial charge in [0.05, 0.1) is 11.9 Å². The summed E-state index contributed by atoms with van der Waals surface area (Å²) < 4.78 is 26.9. The first-order valence-electron chi connectivity index (χ1n) is 12.8. The lowest BCUT2D eigenvalue weighted by molar-refractivity contribution is -0.140. The predicted octanol–water partition coefficient (Wildman–Crippen LogP) is 4.89. The van der Waals surface area contributed by atoms with E-state index in [2.05, 4.69) is 5.32 Å². The van der Waals surface area contributed by atoms with E-state index in [1.807, 2.05) is 75.4 Å². The Balaban J connectivity index is 2.08. The Labute approximate surface area is 236 Å². The van der Waals surface area contributed by atoms with Gasteiger partial charge in [0.1, 0.15) is 12.6 Å². The summed E-state index contributed by atoms with van der Waals surface area (Å²) >= 11 is 6.19. The number of rotatable bonds is 11. The molecule has 3 rings (SSSR count). The van der Waals surface area contributed by atoms with Crippen molar-refractivity contribution in [3.8, 4) is 0 Å². The second-order valence-corrected chi connectivity index (χ2v) is 12.4. The van der Waals surface area contributed by atoms with Crippen LogP contribution in [-0.4, -0.2) is 50.0 Å². The van der Waals surface area contributed by atoms with E-state index in [4.69, 9.17) is 11.6 Å². The number of anilines is 1. The minimum atomic E-state index is -3.86. The molecule has 0 aliphatic rings. The number of hydrogen-bond acceptors (Lipinski definition) is 4. The number of hydrogen-bond donors (Lipinski definition) is 1. The van der Waals surface area contributed by atoms with Gasteiger partial charge in [-0.1, -0.05) is 77.8 Å². The molecule has 3 aromatic carbocycles. The van der Waals surface area contributed by atoms with Crippen LogP contribution in [0.1, 0.15) is 36.1 Å². The highest BCUT2D eigenvalue weighted by molar-refractivity contribution is 7.92. The lowest BCUT2D eigenvalue weighted by Crippen LogP contribution is -2.54. The smallest absolute Gasteiger partial charge is 0.244 e. The molecule has 0 saturated heterocycles. The first-order chi connectivity index (χ1) is 18.3. The third-order valence-corrected chi connectivity index (χ3v) is 7.62. The van der Waals surface area contributed by atoms with Crippen molar-refractivity contribution in [2.24, 2.45) is 0 Å². The monoisotopic (exact) mass is 569 g/mol. The van der Waals surface area contributed by atoms with Crippen molar-refractivity contribution >= 4 is 39.1 Å². The Morgan fingerprint density at radius 1 is 0.923 bits per heavy atom. The number of nitrogens with zero attached hydrogens (tertiary/aromatic N) is 2. The second kappa shape index (κ2) is 13.1. The highest BCUT2D eigenvalue weighted by atomic mass is 35.5. The Kier molecular flexibility index (Phi) is 10.2. The number of nitrogens with one attached hydrogen (secondary N) is 1. The van der Waals surface area contributed by atoms with Gasteiger partial charge in [-0.15, -0.1) is 0 Å². The maximum Gasteiger partial charge on any atom is 0.244 e. The maximum absolute atomic E-state index is 14.1. The third-order valence-electron chi connectivity index (χ3n) is 6.26. The van der Waals surface area contributed by atoms with E-state index < -0.39 is 28.5 Å². The van der Waals surface area contributed by atoms with Gasteiger partial charge in [-0.25, -0.2) is 8.42 Å². The molecule has 1 N–H and O–H groups in total. The molecule has 0 aliphatic heterocycles. The number of sulfonamides is 1. The van der Waals surface area contributed by atoms with Gasteiger partial charge >= 0.3 is 0 Å². The van der Waals surface area contributed by atoms with Crippen LogP contribution in [0.3, 0.4) is 0 Å². The minimum absolute atomic E-state index is 0.135. The summed E-state index contributed by atoms with van der Waals surface area (Å²) in [7, 11) is -3.86. The summed E-state index contributed by atoms with van der Waals surface area (Å²) in [5.41, 5.74) is 3.71. The van der Waals surface area contributed by atoms with Crippen molar-refractivity contribution < 1.29 is 18.0 Å². The highest BCUT2D eigenvalue weighted by Crippen LogP contribution is 2.27. The summed E-state index contributed by atoms with van der Waals surface area (Å²) in [5.74, 6) is -0.805. The van der Waals surface area contributed by atoms with Crippen molar-refractivity contribution in [3.63, 3.8) is 0 Å². The second-order valence-electron chi connectivity index (χ2n) is 10.1. The zero-order chi connectivity index (χ0) is 28.7. The SMILES string of the molecule is Cc1cccc(CN(C(=O)CN(c2cc(Cl)ccc2C)S(C)(=O)=O)C(Cc2ccccc2)C(=O)NC(C)C)c1. The lowest BCUT2D eigenvalue weighted by atomic mass is 10.0. The average molecular weight is 570 g/mol. The number of benzene rings is 3. The van der Waals surface area contributed by atoms with Gasteiger partial charge < -0.3 is 10.2 Å². The van der Waals surface area contributed by atoms with Gasteiger partial charge in [-0.2, -0.15) is 0 Å². The van der Waals surface area contributed by atoms with E-state index in [9.17, 15) is 18.0 Å². The fourth-order valence-corrected chi connectivity index (χ4v) is 5.45. The molecule has 2 amide bonds. The van der Waals surface area contributed by atoms with Gasteiger partial charge in [0.15, 0.2) is 0 Å². The minimum Gasteiger partial charge on any atom is -0.352 e. The molecule has 0 aromatic heterocycles. The topological polar surface area (TPSA) is 86.8 Å². The van der Waals surface area contributed by atoms with E-state index in [0.29, 0.717) is 16.3 Å². The maximum atomic E-state index is 14.1. The largest absolute Gasteiger partial charge is 0.352 e. The molecule has 0 spiro atoms. The zero-order valence-corrected chi connectivity index (χ0v) is 24.6. The van der Waals surface area contributed by atoms with E-state index in [0.717, 1.165) is 27.3 Å². The molecule has 0 fully saturated rings. The van der Waals surface area contributed by atoms with Crippen molar-refractivity contribution in [1.82, 2.24) is 10.2 Å². The van der Waals surface area contributed by atoms with Gasteiger partial charge in [0.2, 0.25) is 21.8 Å². The van der Waals surface area contributed by atoms with Gasteiger partial charge in [-0.3, -0.25) is 13.9 Å². The lowest BCUT2D eigenvalue weighted by Gasteiger charge is -2.34. The Hall–Kier alpha value is -3.36. The molecule has 9 heteroatoms. The molecule has 0 bridgehead atoms. The Bertz CT molecular complexity index is 1410. The summed E-state index contributed by atoms with van der Waals surface area (Å²) in [6.07, 6.45) is 1.32. The molecule has 0 aliphatic carbocycles. The molecule has 0 heterocycles. The van der Waals surface area contributed by atoms with Crippen LogP contribution in [-0.2, 0) is 32.6 Å². The van der Waals surface area contributed by atoms with Crippen LogP contribution >= 0.6 is 11.6 Å². The fraction of sp³-hybridized carbons (Fsp3) is 0.333. The molecule has 7 nitrogen and oxygen atoms in total. The predicted molar refractivity (Wildman–Crippen MR) is 157 cm³/mol. The normalized spacial score (nSPS) is 12.2. The zero-order valence-electron chi connectivity index (χ0n) is 23.0. The number of amides is 2. The van der Waals surface area contributed by atoms with Crippen LogP contribution in [0.4, 0.5) is 5.69 Å². The van der Waals surface area contributed by atoms with E-state index >= 15 is 0 Å². The summed E-state index contributed by atoms with van der Waals surface area (Å²) in [5, 5.41) is 3.30. The number of halogens is 1. The summed E-state index contributed by atoms with van der Waals surface area (Å²) in [4.78, 5) is 29.1. The van der Waals surface area contributed by atoms with Crippen LogP contribution in [0, 0.1) is 13.8 Å². The van der Waals surface area contributed by atoms with Crippen molar-refractivity contribution in [1.29, 1.82) is 0 Å². The first kappa shape index (κ1) is 30.2. The molecule has 0 saturated carbocycles. The summed E-state index contributed by atoms with van der Waals surface area (Å²) in [6, 6.07) is 21.0. The number of aryl methyl sites for hydroxylation is 2. The molecule has 1 atom stereocenters. The van der Waals surface area contributed by atoms with Gasteiger partial charge in [-0.05, 0) is 56.5 Å². The standard InChI is InChI=1S/C30H36ClN3O4S/c1-21(2)32-30(36)28(17-24-11-7-6-8-12-24)33(19-25-13-9-10-22(3)16-25)29(35)20-34(39(5,37)38)27-18-26(31)15-14-23(27)4/h6-16,18,21,28H,17,19-20H2,1-5H3,(H,32,36). The fourth-order valence-electron chi connectivity index (χ4n) is 4.39. The van der Waals surface area contributed by atoms with Crippen molar-refractivity contribution in [2.45, 2.75) is 52.7 Å². The van der Waals surface area contributed by atoms with Crippen LogP contribution in [0.5, 0.6) is 0 Å². The van der Waals surface area contributed by atoms with Crippen molar-refractivity contribution in [2.75, 3.05) is 17.1 Å². The Morgan fingerprint density at radius 3 is 2.21 bits per heavy atom. The summed E-state index contributed by atoms with van der Waals surface area (Å²) in [6.45, 7) is 7.08. The Morgan fingerprint density at radius 2 is 1.59 bits per heavy atom. The molecule has 3 aromatic rings. The third kappa shape index (κ3) is 8.57. The van der Waals surface area contributed by atoms with E-state index in [1.54, 1.807) is 19.1 Å². The highest BCUT2D eigenvalue weighted by Gasteiger charge is 2.33. The molecule has 208 valence electrons. The van der Waals surface area contributed by atoms with Crippen LogP contribution < -0.4 is 9.62 Å². The average Bonchev–Trinajstić information content (AvgIpc) is 2.85. The van der Waals surface area contributed by atoms with E-state index in [1.165, 1.54) is 11.0 Å². The molecule has 1 unspecified atom stereocenters. The van der Waals surface area contributed by atoms with E-state index in [-0.39, 0.29) is 24.9 Å². The molecule has 0 radical (unpaired) electrons. The van der Waals surface area contributed by atoms with Gasteiger partial charge in [0, 0.05) is 24.0 Å². The quantitative estimate of drug-likeness (QED) is 0.356. The molecule has 39 heavy (non-hydrogen) atoms.